The molecule has 0 radical (unpaired) electrons. The Morgan fingerprint density at radius 2 is 2.05 bits per heavy atom. The third-order valence-electron chi connectivity index (χ3n) is 3.73. The Morgan fingerprint density at radius 3 is 2.68 bits per heavy atom. The minimum absolute atomic E-state index is 0.0804. The van der Waals surface area contributed by atoms with Gasteiger partial charge < -0.3 is 4.57 Å². The van der Waals surface area contributed by atoms with Crippen LogP contribution in [0.25, 0.3) is 11.0 Å². The third kappa shape index (κ3) is 2.64. The van der Waals surface area contributed by atoms with Crippen LogP contribution in [0.2, 0.25) is 0 Å². The van der Waals surface area contributed by atoms with Gasteiger partial charge in [-0.25, -0.2) is 4.98 Å². The van der Waals surface area contributed by atoms with Crippen LogP contribution < -0.4 is 0 Å². The van der Waals surface area contributed by atoms with E-state index in [1.165, 1.54) is 17.5 Å². The zero-order chi connectivity index (χ0) is 14.0. The van der Waals surface area contributed by atoms with Gasteiger partial charge in [0.25, 0.3) is 0 Å². The molecule has 2 rings (SSSR count). The largest absolute Gasteiger partial charge is 0.322 e. The van der Waals surface area contributed by atoms with Crippen LogP contribution in [0, 0.1) is 6.92 Å². The predicted octanol–water partition coefficient (Wildman–Crippen LogP) is 4.66. The second kappa shape index (κ2) is 5.54. The molecule has 0 amide bonds. The topological polar surface area (TPSA) is 17.8 Å². The van der Waals surface area contributed by atoms with Gasteiger partial charge in [-0.2, -0.15) is 0 Å². The molecule has 0 N–H and O–H groups in total. The molecule has 0 spiro atoms. The van der Waals surface area contributed by atoms with E-state index in [2.05, 4.69) is 50.5 Å². The van der Waals surface area contributed by atoms with Crippen LogP contribution in [0.3, 0.4) is 0 Å². The number of nitrogens with zero attached hydrogens (tertiary/aromatic N) is 2. The highest BCUT2D eigenvalue weighted by Gasteiger charge is 2.25. The van der Waals surface area contributed by atoms with Gasteiger partial charge in [0.15, 0.2) is 0 Å². The number of aromatic nitrogens is 2. The fourth-order valence-corrected chi connectivity index (χ4v) is 3.14. The Hall–Kier alpha value is -1.02. The van der Waals surface area contributed by atoms with Crippen molar-refractivity contribution in [3.8, 4) is 0 Å². The first-order valence-electron chi connectivity index (χ1n) is 7.04. The van der Waals surface area contributed by atoms with Gasteiger partial charge >= 0.3 is 0 Å². The second-order valence-corrected chi connectivity index (χ2v) is 6.19. The van der Waals surface area contributed by atoms with Crippen LogP contribution in [0.15, 0.2) is 18.2 Å². The maximum Gasteiger partial charge on any atom is 0.111 e. The monoisotopic (exact) mass is 278 g/mol. The van der Waals surface area contributed by atoms with Gasteiger partial charge in [0, 0.05) is 17.8 Å². The van der Waals surface area contributed by atoms with Gasteiger partial charge in [0.1, 0.15) is 5.82 Å². The number of rotatable bonds is 5. The fourth-order valence-electron chi connectivity index (χ4n) is 2.97. The maximum absolute atomic E-state index is 5.95. The predicted molar refractivity (Wildman–Crippen MR) is 83.1 cm³/mol. The Balaban J connectivity index is 2.70. The molecule has 1 aromatic heterocycles. The smallest absolute Gasteiger partial charge is 0.111 e. The lowest BCUT2D eigenvalue weighted by molar-refractivity contribution is 0.324. The van der Waals surface area contributed by atoms with Crippen molar-refractivity contribution >= 4 is 22.6 Å². The van der Waals surface area contributed by atoms with Crippen LogP contribution in [-0.4, -0.2) is 15.4 Å². The van der Waals surface area contributed by atoms with Crippen molar-refractivity contribution in [1.82, 2.24) is 9.55 Å². The molecule has 0 aliphatic heterocycles. The van der Waals surface area contributed by atoms with Gasteiger partial charge in [-0.05, 0) is 38.8 Å². The Bertz CT molecular complexity index is 569. The van der Waals surface area contributed by atoms with E-state index in [4.69, 9.17) is 16.6 Å². The zero-order valence-corrected chi connectivity index (χ0v) is 13.1. The Labute approximate surface area is 120 Å². The molecule has 2 nitrogen and oxygen atoms in total. The first-order valence-corrected chi connectivity index (χ1v) is 7.58. The molecule has 3 heteroatoms. The van der Waals surface area contributed by atoms with E-state index in [1.807, 2.05) is 0 Å². The first kappa shape index (κ1) is 14.4. The molecule has 0 saturated carbocycles. The van der Waals surface area contributed by atoms with E-state index in [-0.39, 0.29) is 5.54 Å². The summed E-state index contributed by atoms with van der Waals surface area (Å²) in [6.07, 6.45) is 3.13. The van der Waals surface area contributed by atoms with Gasteiger partial charge in [-0.3, -0.25) is 0 Å². The number of fused-ring (bicyclic) bond motifs is 1. The molecular formula is C16H23ClN2. The number of alkyl halides is 1. The standard InChI is InChI=1S/C16H23ClN2/c1-5-10-16(3,4)19-14(9-11-17)18-13-8-6-7-12(2)15(13)19/h6-8H,5,9-11H2,1-4H3. The van der Waals surface area contributed by atoms with E-state index in [0.29, 0.717) is 5.88 Å². The van der Waals surface area contributed by atoms with Crippen molar-refractivity contribution in [2.75, 3.05) is 5.88 Å². The van der Waals surface area contributed by atoms with Crippen molar-refractivity contribution < 1.29 is 0 Å². The summed E-state index contributed by atoms with van der Waals surface area (Å²) in [6.45, 7) is 8.98. The summed E-state index contributed by atoms with van der Waals surface area (Å²) in [7, 11) is 0. The number of hydrogen-bond acceptors (Lipinski definition) is 1. The number of halogens is 1. The second-order valence-electron chi connectivity index (χ2n) is 5.81. The third-order valence-corrected chi connectivity index (χ3v) is 3.92. The lowest BCUT2D eigenvalue weighted by atomic mass is 9.97. The van der Waals surface area contributed by atoms with Gasteiger partial charge in [0.2, 0.25) is 0 Å². The average molecular weight is 279 g/mol. The van der Waals surface area contributed by atoms with Crippen molar-refractivity contribution in [3.05, 3.63) is 29.6 Å². The molecule has 1 aromatic carbocycles. The van der Waals surface area contributed by atoms with Crippen molar-refractivity contribution in [2.45, 2.75) is 52.5 Å². The molecule has 0 aliphatic carbocycles. The maximum atomic E-state index is 5.95. The van der Waals surface area contributed by atoms with Gasteiger partial charge in [-0.1, -0.05) is 25.5 Å². The van der Waals surface area contributed by atoms with E-state index in [1.54, 1.807) is 0 Å². The minimum Gasteiger partial charge on any atom is -0.322 e. The van der Waals surface area contributed by atoms with Crippen LogP contribution in [0.1, 0.15) is 45.0 Å². The number of para-hydroxylation sites is 1. The van der Waals surface area contributed by atoms with Crippen LogP contribution in [-0.2, 0) is 12.0 Å². The first-order chi connectivity index (χ1) is 9.01. The molecule has 0 atom stereocenters. The molecule has 104 valence electrons. The number of imidazole rings is 1. The lowest BCUT2D eigenvalue weighted by Crippen LogP contribution is -2.28. The van der Waals surface area contributed by atoms with E-state index in [9.17, 15) is 0 Å². The summed E-state index contributed by atoms with van der Waals surface area (Å²) < 4.78 is 2.41. The highest BCUT2D eigenvalue weighted by molar-refractivity contribution is 6.17. The average Bonchev–Trinajstić information content (AvgIpc) is 2.70. The summed E-state index contributed by atoms with van der Waals surface area (Å²) in [5.74, 6) is 1.72. The van der Waals surface area contributed by atoms with Crippen molar-refractivity contribution in [3.63, 3.8) is 0 Å². The lowest BCUT2D eigenvalue weighted by Gasteiger charge is -2.29. The fraction of sp³-hybridized carbons (Fsp3) is 0.562. The minimum atomic E-state index is 0.0804. The molecular weight excluding hydrogens is 256 g/mol. The molecule has 1 heterocycles. The van der Waals surface area contributed by atoms with Crippen LogP contribution in [0.4, 0.5) is 0 Å². The molecule has 0 fully saturated rings. The molecule has 0 unspecified atom stereocenters. The highest BCUT2D eigenvalue weighted by atomic mass is 35.5. The van der Waals surface area contributed by atoms with E-state index < -0.39 is 0 Å². The van der Waals surface area contributed by atoms with Crippen molar-refractivity contribution in [2.24, 2.45) is 0 Å². The summed E-state index contributed by atoms with van der Waals surface area (Å²) in [5.41, 5.74) is 3.72. The Morgan fingerprint density at radius 1 is 1.32 bits per heavy atom. The number of aryl methyl sites for hydroxylation is 2. The van der Waals surface area contributed by atoms with E-state index >= 15 is 0 Å². The van der Waals surface area contributed by atoms with Crippen LogP contribution in [0.5, 0.6) is 0 Å². The number of benzene rings is 1. The summed E-state index contributed by atoms with van der Waals surface area (Å²) in [6, 6.07) is 6.33. The summed E-state index contributed by atoms with van der Waals surface area (Å²) >= 11 is 5.95. The molecule has 0 saturated heterocycles. The summed E-state index contributed by atoms with van der Waals surface area (Å²) in [4.78, 5) is 4.79. The molecule has 0 bridgehead atoms. The Kier molecular flexibility index (Phi) is 4.19. The normalized spacial score (nSPS) is 12.3. The number of hydrogen-bond donors (Lipinski definition) is 0. The quantitative estimate of drug-likeness (QED) is 0.727. The summed E-state index contributed by atoms with van der Waals surface area (Å²) in [5, 5.41) is 0. The highest BCUT2D eigenvalue weighted by Crippen LogP contribution is 2.31. The van der Waals surface area contributed by atoms with Crippen molar-refractivity contribution in [1.29, 1.82) is 0 Å². The van der Waals surface area contributed by atoms with Gasteiger partial charge in [0.05, 0.1) is 11.0 Å². The van der Waals surface area contributed by atoms with E-state index in [0.717, 1.165) is 24.2 Å². The van der Waals surface area contributed by atoms with Crippen LogP contribution >= 0.6 is 11.6 Å². The van der Waals surface area contributed by atoms with Gasteiger partial charge in [-0.15, -0.1) is 11.6 Å². The molecule has 19 heavy (non-hydrogen) atoms. The zero-order valence-electron chi connectivity index (χ0n) is 12.3. The SMILES string of the molecule is CCCC(C)(C)n1c(CCCl)nc2cccc(C)c21. The molecule has 0 aliphatic rings. The molecule has 2 aromatic rings.